The van der Waals surface area contributed by atoms with Crippen molar-refractivity contribution in [1.82, 2.24) is 5.43 Å². The minimum Gasteiger partial charge on any atom is -0.375 e. The summed E-state index contributed by atoms with van der Waals surface area (Å²) in [5.74, 6) is 6.24. The lowest BCUT2D eigenvalue weighted by atomic mass is 9.81. The van der Waals surface area contributed by atoms with Crippen molar-refractivity contribution >= 4 is 0 Å². The van der Waals surface area contributed by atoms with Crippen molar-refractivity contribution in [2.24, 2.45) is 11.8 Å². The second-order valence-electron chi connectivity index (χ2n) is 4.85. The SMILES string of the molecule is C=C(CC)CC(NN)C1CC2CCC1O2. The van der Waals surface area contributed by atoms with Gasteiger partial charge in [0.25, 0.3) is 0 Å². The third-order valence-electron chi connectivity index (χ3n) is 3.89. The van der Waals surface area contributed by atoms with Crippen molar-refractivity contribution in [1.29, 1.82) is 0 Å². The Bertz CT molecular complexity index is 242. The van der Waals surface area contributed by atoms with Crippen molar-refractivity contribution in [3.8, 4) is 0 Å². The molecular weight excluding hydrogens is 188 g/mol. The van der Waals surface area contributed by atoms with Crippen molar-refractivity contribution < 1.29 is 4.74 Å². The molecule has 2 aliphatic rings. The van der Waals surface area contributed by atoms with E-state index in [1.165, 1.54) is 24.8 Å². The van der Waals surface area contributed by atoms with E-state index < -0.39 is 0 Å². The zero-order valence-corrected chi connectivity index (χ0v) is 9.54. The molecule has 3 nitrogen and oxygen atoms in total. The lowest BCUT2D eigenvalue weighted by Crippen LogP contribution is -2.44. The maximum absolute atomic E-state index is 5.86. The molecule has 2 rings (SSSR count). The van der Waals surface area contributed by atoms with Crippen molar-refractivity contribution in [3.05, 3.63) is 12.2 Å². The van der Waals surface area contributed by atoms with Crippen LogP contribution in [0.15, 0.2) is 12.2 Å². The van der Waals surface area contributed by atoms with Crippen LogP contribution in [0.5, 0.6) is 0 Å². The molecule has 0 spiro atoms. The standard InChI is InChI=1S/C12H22N2O/c1-3-8(2)6-11(14-13)10-7-9-4-5-12(10)15-9/h9-12,14H,2-7,13H2,1H3. The van der Waals surface area contributed by atoms with E-state index in [1.807, 2.05) is 0 Å². The van der Waals surface area contributed by atoms with Crippen molar-refractivity contribution in [3.63, 3.8) is 0 Å². The Hall–Kier alpha value is -0.380. The highest BCUT2D eigenvalue weighted by molar-refractivity contribution is 5.02. The molecule has 4 atom stereocenters. The van der Waals surface area contributed by atoms with Gasteiger partial charge in [0.05, 0.1) is 12.2 Å². The fraction of sp³-hybridized carbons (Fsp3) is 0.833. The summed E-state index contributed by atoms with van der Waals surface area (Å²) in [6.45, 7) is 6.20. The summed E-state index contributed by atoms with van der Waals surface area (Å²) < 4.78 is 5.86. The average molecular weight is 210 g/mol. The van der Waals surface area contributed by atoms with Crippen LogP contribution >= 0.6 is 0 Å². The molecule has 3 heteroatoms. The zero-order chi connectivity index (χ0) is 10.8. The number of fused-ring (bicyclic) bond motifs is 2. The van der Waals surface area contributed by atoms with Crippen LogP contribution in [0.1, 0.15) is 39.0 Å². The molecule has 2 fully saturated rings. The molecule has 2 bridgehead atoms. The number of rotatable bonds is 5. The van der Waals surface area contributed by atoms with Crippen LogP contribution in [0.2, 0.25) is 0 Å². The molecule has 4 unspecified atom stereocenters. The van der Waals surface area contributed by atoms with Crippen LogP contribution in [0.4, 0.5) is 0 Å². The first-order valence-corrected chi connectivity index (χ1v) is 6.02. The van der Waals surface area contributed by atoms with E-state index in [2.05, 4.69) is 18.9 Å². The van der Waals surface area contributed by atoms with Gasteiger partial charge >= 0.3 is 0 Å². The number of hydrogen-bond donors (Lipinski definition) is 2. The van der Waals surface area contributed by atoms with Crippen molar-refractivity contribution in [2.75, 3.05) is 0 Å². The monoisotopic (exact) mass is 210 g/mol. The first-order valence-electron chi connectivity index (χ1n) is 6.02. The molecule has 2 saturated heterocycles. The Kier molecular flexibility index (Phi) is 3.44. The maximum atomic E-state index is 5.86. The van der Waals surface area contributed by atoms with Gasteiger partial charge in [0.15, 0.2) is 0 Å². The highest BCUT2D eigenvalue weighted by Gasteiger charge is 2.43. The highest BCUT2D eigenvalue weighted by atomic mass is 16.5. The molecule has 2 aliphatic heterocycles. The lowest BCUT2D eigenvalue weighted by molar-refractivity contribution is 0.0857. The van der Waals surface area contributed by atoms with Gasteiger partial charge in [-0.3, -0.25) is 11.3 Å². The summed E-state index contributed by atoms with van der Waals surface area (Å²) in [7, 11) is 0. The molecule has 0 aromatic rings. The van der Waals surface area contributed by atoms with Crippen molar-refractivity contribution in [2.45, 2.75) is 57.3 Å². The molecule has 0 aliphatic carbocycles. The second-order valence-corrected chi connectivity index (χ2v) is 4.85. The minimum absolute atomic E-state index is 0.354. The van der Waals surface area contributed by atoms with E-state index in [1.54, 1.807) is 0 Å². The summed E-state index contributed by atoms with van der Waals surface area (Å²) in [6.07, 6.45) is 6.62. The fourth-order valence-corrected chi connectivity index (χ4v) is 2.89. The molecule has 3 N–H and O–H groups in total. The Morgan fingerprint density at radius 1 is 1.60 bits per heavy atom. The smallest absolute Gasteiger partial charge is 0.0624 e. The van der Waals surface area contributed by atoms with Gasteiger partial charge in [0, 0.05) is 12.0 Å². The third kappa shape index (κ3) is 2.25. The van der Waals surface area contributed by atoms with E-state index in [4.69, 9.17) is 10.6 Å². The van der Waals surface area contributed by atoms with Gasteiger partial charge in [-0.2, -0.15) is 0 Å². The summed E-state index contributed by atoms with van der Waals surface area (Å²) in [5.41, 5.74) is 4.23. The number of hydrogen-bond acceptors (Lipinski definition) is 3. The number of nitrogens with one attached hydrogen (secondary N) is 1. The van der Waals surface area contributed by atoms with Gasteiger partial charge in [-0.1, -0.05) is 19.1 Å². The summed E-state index contributed by atoms with van der Waals surface area (Å²) in [5, 5.41) is 0. The van der Waals surface area contributed by atoms with E-state index in [-0.39, 0.29) is 0 Å². The molecule has 15 heavy (non-hydrogen) atoms. The molecule has 86 valence electrons. The van der Waals surface area contributed by atoms with Gasteiger partial charge in [0.1, 0.15) is 0 Å². The van der Waals surface area contributed by atoms with Crippen LogP contribution in [0, 0.1) is 5.92 Å². The molecule has 0 amide bonds. The Morgan fingerprint density at radius 2 is 2.40 bits per heavy atom. The largest absolute Gasteiger partial charge is 0.375 e. The summed E-state index contributed by atoms with van der Waals surface area (Å²) >= 11 is 0. The first kappa shape index (κ1) is 11.1. The number of hydrazine groups is 1. The number of ether oxygens (including phenoxy) is 1. The van der Waals surface area contributed by atoms with Crippen LogP contribution in [-0.2, 0) is 4.74 Å². The van der Waals surface area contributed by atoms with Gasteiger partial charge in [-0.25, -0.2) is 0 Å². The Labute approximate surface area is 92.0 Å². The van der Waals surface area contributed by atoms with Crippen LogP contribution in [-0.4, -0.2) is 18.2 Å². The molecule has 0 aromatic heterocycles. The molecule has 0 radical (unpaired) electrons. The van der Waals surface area contributed by atoms with Gasteiger partial charge < -0.3 is 4.74 Å². The van der Waals surface area contributed by atoms with E-state index >= 15 is 0 Å². The topological polar surface area (TPSA) is 47.3 Å². The quantitative estimate of drug-likeness (QED) is 0.413. The van der Waals surface area contributed by atoms with E-state index in [0.717, 1.165) is 12.8 Å². The molecule has 2 heterocycles. The first-order chi connectivity index (χ1) is 7.24. The van der Waals surface area contributed by atoms with Crippen LogP contribution < -0.4 is 11.3 Å². The van der Waals surface area contributed by atoms with Crippen LogP contribution in [0.25, 0.3) is 0 Å². The third-order valence-corrected chi connectivity index (χ3v) is 3.89. The predicted molar refractivity (Wildman–Crippen MR) is 61.2 cm³/mol. The Morgan fingerprint density at radius 3 is 2.87 bits per heavy atom. The molecule has 0 saturated carbocycles. The maximum Gasteiger partial charge on any atom is 0.0624 e. The summed E-state index contributed by atoms with van der Waals surface area (Å²) in [6, 6.07) is 0.354. The molecular formula is C12H22N2O. The fourth-order valence-electron chi connectivity index (χ4n) is 2.89. The zero-order valence-electron chi connectivity index (χ0n) is 9.54. The van der Waals surface area contributed by atoms with Crippen LogP contribution in [0.3, 0.4) is 0 Å². The minimum atomic E-state index is 0.354. The van der Waals surface area contributed by atoms with Gasteiger partial charge in [-0.15, -0.1) is 0 Å². The lowest BCUT2D eigenvalue weighted by Gasteiger charge is -2.28. The van der Waals surface area contributed by atoms with Gasteiger partial charge in [-0.05, 0) is 32.1 Å². The number of nitrogens with two attached hydrogens (primary N) is 1. The average Bonchev–Trinajstić information content (AvgIpc) is 2.86. The predicted octanol–water partition coefficient (Wildman–Crippen LogP) is 1.74. The second kappa shape index (κ2) is 4.64. The molecule has 0 aromatic carbocycles. The van der Waals surface area contributed by atoms with E-state index in [0.29, 0.717) is 24.2 Å². The van der Waals surface area contributed by atoms with Gasteiger partial charge in [0.2, 0.25) is 0 Å². The normalized spacial score (nSPS) is 35.7. The summed E-state index contributed by atoms with van der Waals surface area (Å²) in [4.78, 5) is 0. The van der Waals surface area contributed by atoms with E-state index in [9.17, 15) is 0 Å². The Balaban J connectivity index is 1.92. The highest BCUT2D eigenvalue weighted by Crippen LogP contribution is 2.41.